The molecule has 1 atom stereocenters. The number of amides is 1. The number of hydrogen-bond acceptors (Lipinski definition) is 5. The summed E-state index contributed by atoms with van der Waals surface area (Å²) < 4.78 is 15.6. The maximum atomic E-state index is 12.1. The van der Waals surface area contributed by atoms with Gasteiger partial charge in [0, 0.05) is 5.56 Å². The summed E-state index contributed by atoms with van der Waals surface area (Å²) in [5.74, 6) is -0.306. The number of halogens is 2. The summed E-state index contributed by atoms with van der Waals surface area (Å²) >= 11 is 12.1. The molecule has 0 radical (unpaired) electrons. The molecule has 0 fully saturated rings. The molecular formula is C19H15Cl2NO5. The molecule has 0 bridgehead atoms. The fraction of sp³-hybridized carbons (Fsp3) is 0.158. The molecule has 3 aromatic rings. The Hall–Kier alpha value is -2.70. The molecule has 1 amide bonds. The number of esters is 1. The van der Waals surface area contributed by atoms with E-state index in [0.29, 0.717) is 27.1 Å². The maximum absolute atomic E-state index is 12.1. The van der Waals surface area contributed by atoms with Gasteiger partial charge in [-0.25, -0.2) is 4.79 Å². The minimum Gasteiger partial charge on any atom is -0.467 e. The lowest BCUT2D eigenvalue weighted by molar-refractivity contribution is -0.125. The quantitative estimate of drug-likeness (QED) is 0.588. The van der Waals surface area contributed by atoms with Crippen molar-refractivity contribution in [2.24, 2.45) is 0 Å². The molecule has 140 valence electrons. The highest BCUT2D eigenvalue weighted by Crippen LogP contribution is 2.34. The fourth-order valence-corrected chi connectivity index (χ4v) is 2.77. The first-order valence-electron chi connectivity index (χ1n) is 8.00. The maximum Gasteiger partial charge on any atom is 0.374 e. The van der Waals surface area contributed by atoms with E-state index in [1.165, 1.54) is 12.3 Å². The zero-order valence-electron chi connectivity index (χ0n) is 14.2. The minimum absolute atomic E-state index is 0.0482. The molecule has 1 aromatic carbocycles. The molecule has 0 aliphatic carbocycles. The van der Waals surface area contributed by atoms with Gasteiger partial charge in [0.15, 0.2) is 6.61 Å². The zero-order chi connectivity index (χ0) is 19.4. The van der Waals surface area contributed by atoms with Crippen LogP contribution >= 0.6 is 23.2 Å². The van der Waals surface area contributed by atoms with Gasteiger partial charge in [-0.3, -0.25) is 4.79 Å². The van der Waals surface area contributed by atoms with Crippen molar-refractivity contribution in [3.8, 4) is 11.3 Å². The lowest BCUT2D eigenvalue weighted by Gasteiger charge is -2.11. The Morgan fingerprint density at radius 2 is 1.96 bits per heavy atom. The van der Waals surface area contributed by atoms with Gasteiger partial charge in [-0.05, 0) is 43.3 Å². The Morgan fingerprint density at radius 3 is 2.70 bits per heavy atom. The van der Waals surface area contributed by atoms with Crippen LogP contribution in [0.25, 0.3) is 11.3 Å². The van der Waals surface area contributed by atoms with Crippen LogP contribution in [0.15, 0.2) is 57.6 Å². The molecule has 0 aliphatic heterocycles. The van der Waals surface area contributed by atoms with E-state index < -0.39 is 18.5 Å². The Labute approximate surface area is 165 Å². The van der Waals surface area contributed by atoms with E-state index in [9.17, 15) is 9.59 Å². The summed E-state index contributed by atoms with van der Waals surface area (Å²) in [6.07, 6.45) is 1.51. The Morgan fingerprint density at radius 1 is 1.15 bits per heavy atom. The van der Waals surface area contributed by atoms with Crippen molar-refractivity contribution in [1.29, 1.82) is 0 Å². The third-order valence-electron chi connectivity index (χ3n) is 3.71. The highest BCUT2D eigenvalue weighted by Gasteiger charge is 2.18. The molecule has 0 aliphatic rings. The molecule has 2 heterocycles. The monoisotopic (exact) mass is 407 g/mol. The number of nitrogens with one attached hydrogen (secondary N) is 1. The van der Waals surface area contributed by atoms with Crippen LogP contribution in [-0.2, 0) is 9.53 Å². The molecular weight excluding hydrogens is 393 g/mol. The van der Waals surface area contributed by atoms with Gasteiger partial charge in [0.05, 0.1) is 22.4 Å². The molecule has 0 saturated carbocycles. The smallest absolute Gasteiger partial charge is 0.374 e. The Kier molecular flexibility index (Phi) is 5.88. The van der Waals surface area contributed by atoms with Crippen molar-refractivity contribution in [3.63, 3.8) is 0 Å². The molecule has 8 heteroatoms. The molecule has 6 nitrogen and oxygen atoms in total. The van der Waals surface area contributed by atoms with Crippen LogP contribution in [0.2, 0.25) is 10.0 Å². The molecule has 0 unspecified atom stereocenters. The molecule has 3 rings (SSSR count). The lowest BCUT2D eigenvalue weighted by Crippen LogP contribution is -2.30. The zero-order valence-corrected chi connectivity index (χ0v) is 15.7. The number of furan rings is 2. The minimum atomic E-state index is -0.764. The molecule has 0 spiro atoms. The fourth-order valence-electron chi connectivity index (χ4n) is 2.38. The van der Waals surface area contributed by atoms with Crippen LogP contribution in [0.1, 0.15) is 29.3 Å². The summed E-state index contributed by atoms with van der Waals surface area (Å²) in [5, 5.41) is 3.35. The number of rotatable bonds is 6. The second-order valence-electron chi connectivity index (χ2n) is 5.65. The molecule has 27 heavy (non-hydrogen) atoms. The summed E-state index contributed by atoms with van der Waals surface area (Å²) in [4.78, 5) is 24.0. The van der Waals surface area contributed by atoms with Crippen molar-refractivity contribution in [2.45, 2.75) is 13.0 Å². The van der Waals surface area contributed by atoms with Crippen molar-refractivity contribution >= 4 is 35.1 Å². The largest absolute Gasteiger partial charge is 0.467 e. The van der Waals surface area contributed by atoms with E-state index in [1.54, 1.807) is 43.3 Å². The first-order valence-corrected chi connectivity index (χ1v) is 8.75. The van der Waals surface area contributed by atoms with Crippen LogP contribution in [0, 0.1) is 0 Å². The Balaban J connectivity index is 1.58. The summed E-state index contributed by atoms with van der Waals surface area (Å²) in [6.45, 7) is 1.31. The number of benzene rings is 1. The van der Waals surface area contributed by atoms with Crippen LogP contribution in [0.3, 0.4) is 0 Å². The van der Waals surface area contributed by atoms with Crippen molar-refractivity contribution in [3.05, 3.63) is 70.3 Å². The van der Waals surface area contributed by atoms with Gasteiger partial charge in [-0.2, -0.15) is 0 Å². The van der Waals surface area contributed by atoms with E-state index >= 15 is 0 Å². The van der Waals surface area contributed by atoms with E-state index in [0.717, 1.165) is 0 Å². The van der Waals surface area contributed by atoms with Crippen LogP contribution in [0.4, 0.5) is 0 Å². The predicted molar refractivity (Wildman–Crippen MR) is 99.7 cm³/mol. The van der Waals surface area contributed by atoms with Gasteiger partial charge in [-0.1, -0.05) is 29.3 Å². The summed E-state index contributed by atoms with van der Waals surface area (Å²) in [5.41, 5.74) is 0.549. The second-order valence-corrected chi connectivity index (χ2v) is 6.43. The van der Waals surface area contributed by atoms with Crippen molar-refractivity contribution < 1.29 is 23.2 Å². The van der Waals surface area contributed by atoms with Gasteiger partial charge in [0.2, 0.25) is 5.76 Å². The van der Waals surface area contributed by atoms with E-state index in [-0.39, 0.29) is 11.8 Å². The third kappa shape index (κ3) is 4.53. The highest BCUT2D eigenvalue weighted by atomic mass is 35.5. The van der Waals surface area contributed by atoms with Gasteiger partial charge in [-0.15, -0.1) is 0 Å². The number of carbonyl (C=O) groups is 2. The van der Waals surface area contributed by atoms with Crippen molar-refractivity contribution in [2.75, 3.05) is 6.61 Å². The van der Waals surface area contributed by atoms with E-state index in [1.807, 2.05) is 0 Å². The Bertz CT molecular complexity index is 949. The number of ether oxygens (including phenoxy) is 1. The van der Waals surface area contributed by atoms with Gasteiger partial charge >= 0.3 is 5.97 Å². The first-order chi connectivity index (χ1) is 13.0. The van der Waals surface area contributed by atoms with Crippen LogP contribution in [-0.4, -0.2) is 18.5 Å². The topological polar surface area (TPSA) is 81.7 Å². The second kappa shape index (κ2) is 8.33. The van der Waals surface area contributed by atoms with E-state index in [2.05, 4.69) is 5.32 Å². The highest BCUT2D eigenvalue weighted by molar-refractivity contribution is 6.43. The average molecular weight is 408 g/mol. The van der Waals surface area contributed by atoms with Crippen molar-refractivity contribution in [1.82, 2.24) is 5.32 Å². The van der Waals surface area contributed by atoms with E-state index in [4.69, 9.17) is 36.8 Å². The predicted octanol–water partition coefficient (Wildman–Crippen LogP) is 4.88. The third-order valence-corrected chi connectivity index (χ3v) is 4.52. The summed E-state index contributed by atoms with van der Waals surface area (Å²) in [6, 6.07) is 11.2. The average Bonchev–Trinajstić information content (AvgIpc) is 3.34. The SMILES string of the molecule is C[C@@H](NC(=O)COC(=O)c1ccc(-c2cccc(Cl)c2Cl)o1)c1ccco1. The van der Waals surface area contributed by atoms with Crippen LogP contribution in [0.5, 0.6) is 0 Å². The number of hydrogen-bond donors (Lipinski definition) is 1. The first kappa shape index (κ1) is 19.1. The molecule has 2 aromatic heterocycles. The van der Waals surface area contributed by atoms with Gasteiger partial charge in [0.1, 0.15) is 11.5 Å². The molecule has 0 saturated heterocycles. The molecule has 1 N–H and O–H groups in total. The normalized spacial score (nSPS) is 11.8. The number of carbonyl (C=O) groups excluding carboxylic acids is 2. The van der Waals surface area contributed by atoms with Crippen LogP contribution < -0.4 is 5.32 Å². The standard InChI is InChI=1S/C19H15Cl2NO5/c1-11(14-6-3-9-25-14)22-17(23)10-26-19(24)16-8-7-15(27-16)12-4-2-5-13(20)18(12)21/h2-9,11H,10H2,1H3,(H,22,23)/t11-/m1/s1. The van der Waals surface area contributed by atoms with Gasteiger partial charge in [0.25, 0.3) is 5.91 Å². The summed E-state index contributed by atoms with van der Waals surface area (Å²) in [7, 11) is 0. The van der Waals surface area contributed by atoms with Gasteiger partial charge < -0.3 is 18.9 Å². The lowest BCUT2D eigenvalue weighted by atomic mass is 10.2.